The molecule has 92 valence electrons. The van der Waals surface area contributed by atoms with Gasteiger partial charge in [-0.1, -0.05) is 0 Å². The Morgan fingerprint density at radius 3 is 2.50 bits per heavy atom. The number of rotatable bonds is 8. The highest BCUT2D eigenvalue weighted by molar-refractivity contribution is 7.99. The summed E-state index contributed by atoms with van der Waals surface area (Å²) >= 11 is 0.865. The Hall–Kier alpha value is -1.11. The lowest BCUT2D eigenvalue weighted by atomic mass is 10.2. The topological polar surface area (TPSA) is 95.8 Å². The first-order valence-electron chi connectivity index (χ1n) is 4.87. The second-order valence-corrected chi connectivity index (χ2v) is 5.39. The summed E-state index contributed by atoms with van der Waals surface area (Å²) in [5, 5.41) is 11.0. The zero-order valence-corrected chi connectivity index (χ0v) is 10.2. The van der Waals surface area contributed by atoms with Crippen molar-refractivity contribution < 1.29 is 14.7 Å². The molecular weight excluding hydrogens is 232 g/mol. The van der Waals surface area contributed by atoms with E-state index in [1.807, 2.05) is 0 Å². The predicted octanol–water partition coefficient (Wildman–Crippen LogP) is 1.55. The van der Waals surface area contributed by atoms with Gasteiger partial charge < -0.3 is 10.4 Å². The molecule has 0 atom stereocenters. The minimum Gasteiger partial charge on any atom is -0.481 e. The Labute approximate surface area is 98.3 Å². The Morgan fingerprint density at radius 2 is 2.00 bits per heavy atom. The molecular formula is C9H16N2O4S. The SMILES string of the molecule is CC(C)(CNC(=O)CCCC(=O)O)SN=O. The number of carbonyl (C=O) groups excluding carboxylic acids is 1. The van der Waals surface area contributed by atoms with Crippen LogP contribution in [0.1, 0.15) is 33.1 Å². The number of carbonyl (C=O) groups is 2. The molecule has 0 bridgehead atoms. The van der Waals surface area contributed by atoms with Gasteiger partial charge in [0.05, 0.1) is 4.75 Å². The van der Waals surface area contributed by atoms with Gasteiger partial charge in [-0.2, -0.15) is 0 Å². The molecule has 16 heavy (non-hydrogen) atoms. The molecule has 0 heterocycles. The predicted molar refractivity (Wildman–Crippen MR) is 62.0 cm³/mol. The highest BCUT2D eigenvalue weighted by atomic mass is 32.2. The first kappa shape index (κ1) is 14.9. The van der Waals surface area contributed by atoms with Crippen LogP contribution in [0.3, 0.4) is 0 Å². The Bertz CT molecular complexity index is 268. The summed E-state index contributed by atoms with van der Waals surface area (Å²) in [7, 11) is 0. The van der Waals surface area contributed by atoms with Crippen LogP contribution in [0.25, 0.3) is 0 Å². The minimum atomic E-state index is -0.908. The van der Waals surface area contributed by atoms with Gasteiger partial charge in [0.2, 0.25) is 5.91 Å². The third-order valence-corrected chi connectivity index (χ3v) is 2.50. The molecule has 2 N–H and O–H groups in total. The molecule has 0 aromatic heterocycles. The number of aliphatic carboxylic acids is 1. The van der Waals surface area contributed by atoms with Crippen LogP contribution in [-0.4, -0.2) is 28.3 Å². The van der Waals surface area contributed by atoms with E-state index in [0.717, 1.165) is 11.9 Å². The first-order valence-corrected chi connectivity index (χ1v) is 5.64. The number of amides is 1. The molecule has 0 aliphatic carbocycles. The number of carboxylic acid groups (broad SMARTS) is 1. The van der Waals surface area contributed by atoms with E-state index in [9.17, 15) is 14.5 Å². The van der Waals surface area contributed by atoms with Crippen molar-refractivity contribution in [2.24, 2.45) is 4.58 Å². The smallest absolute Gasteiger partial charge is 0.303 e. The van der Waals surface area contributed by atoms with E-state index < -0.39 is 10.7 Å². The molecule has 0 fully saturated rings. The van der Waals surface area contributed by atoms with Gasteiger partial charge in [0.15, 0.2) is 0 Å². The number of nitroso groups, excluding NO2 is 1. The van der Waals surface area contributed by atoms with Crippen LogP contribution in [0.15, 0.2) is 4.58 Å². The maximum Gasteiger partial charge on any atom is 0.303 e. The monoisotopic (exact) mass is 248 g/mol. The lowest BCUT2D eigenvalue weighted by Gasteiger charge is -2.19. The van der Waals surface area contributed by atoms with E-state index in [2.05, 4.69) is 9.90 Å². The molecule has 0 rings (SSSR count). The lowest BCUT2D eigenvalue weighted by molar-refractivity contribution is -0.137. The molecule has 0 aromatic carbocycles. The second kappa shape index (κ2) is 7.21. The normalized spacial score (nSPS) is 10.9. The van der Waals surface area contributed by atoms with Gasteiger partial charge in [-0.25, -0.2) is 0 Å². The van der Waals surface area contributed by atoms with Crippen molar-refractivity contribution >= 4 is 23.8 Å². The van der Waals surface area contributed by atoms with Crippen molar-refractivity contribution in [3.63, 3.8) is 0 Å². The Balaban J connectivity index is 3.72. The number of nitrogens with zero attached hydrogens (tertiary/aromatic N) is 1. The summed E-state index contributed by atoms with van der Waals surface area (Å²) < 4.78 is 2.27. The quantitative estimate of drug-likeness (QED) is 0.502. The molecule has 0 aliphatic rings. The summed E-state index contributed by atoms with van der Waals surface area (Å²) in [5.74, 6) is -1.12. The summed E-state index contributed by atoms with van der Waals surface area (Å²) in [6, 6.07) is 0. The van der Waals surface area contributed by atoms with Crippen molar-refractivity contribution in [2.45, 2.75) is 37.9 Å². The maximum absolute atomic E-state index is 11.3. The van der Waals surface area contributed by atoms with Crippen LogP contribution in [-0.2, 0) is 9.59 Å². The van der Waals surface area contributed by atoms with E-state index in [1.54, 1.807) is 13.8 Å². The molecule has 0 aromatic rings. The van der Waals surface area contributed by atoms with E-state index in [-0.39, 0.29) is 18.7 Å². The fourth-order valence-corrected chi connectivity index (χ4v) is 1.27. The van der Waals surface area contributed by atoms with Gasteiger partial charge in [0.25, 0.3) is 0 Å². The van der Waals surface area contributed by atoms with E-state index >= 15 is 0 Å². The summed E-state index contributed by atoms with van der Waals surface area (Å²) in [5.41, 5.74) is 0. The minimum absolute atomic E-state index is 0.0124. The van der Waals surface area contributed by atoms with Gasteiger partial charge in [-0.05, 0) is 20.3 Å². The Morgan fingerprint density at radius 1 is 1.38 bits per heavy atom. The molecule has 7 heteroatoms. The highest BCUT2D eigenvalue weighted by Crippen LogP contribution is 2.23. The number of nitrogens with one attached hydrogen (secondary N) is 1. The zero-order chi connectivity index (χ0) is 12.6. The van der Waals surface area contributed by atoms with Crippen molar-refractivity contribution in [1.29, 1.82) is 0 Å². The lowest BCUT2D eigenvalue weighted by Crippen LogP contribution is -2.35. The van der Waals surface area contributed by atoms with Gasteiger partial charge in [0.1, 0.15) is 0 Å². The highest BCUT2D eigenvalue weighted by Gasteiger charge is 2.20. The molecule has 0 unspecified atom stereocenters. The molecule has 1 amide bonds. The number of hydrogen-bond acceptors (Lipinski definition) is 5. The number of carboxylic acids is 1. The van der Waals surface area contributed by atoms with E-state index in [4.69, 9.17) is 5.11 Å². The van der Waals surface area contributed by atoms with E-state index in [0.29, 0.717) is 13.0 Å². The van der Waals surface area contributed by atoms with Crippen LogP contribution < -0.4 is 5.32 Å². The fraction of sp³-hybridized carbons (Fsp3) is 0.778. The molecule has 0 saturated heterocycles. The standard InChI is InChI=1S/C9H16N2O4S/c1-9(2,16-11-15)6-10-7(12)4-3-5-8(13)14/h3-6H2,1-2H3,(H,10,12)(H,13,14). The van der Waals surface area contributed by atoms with Crippen LogP contribution in [0, 0.1) is 4.91 Å². The number of hydrogen-bond donors (Lipinski definition) is 2. The summed E-state index contributed by atoms with van der Waals surface area (Å²) in [6.45, 7) is 3.91. The van der Waals surface area contributed by atoms with Gasteiger partial charge in [-0.3, -0.25) is 9.59 Å². The molecule has 6 nitrogen and oxygen atoms in total. The van der Waals surface area contributed by atoms with Gasteiger partial charge in [0, 0.05) is 35.9 Å². The third kappa shape index (κ3) is 8.22. The fourth-order valence-electron chi connectivity index (χ4n) is 0.933. The molecule has 0 aliphatic heterocycles. The molecule has 0 radical (unpaired) electrons. The molecule has 0 saturated carbocycles. The van der Waals surface area contributed by atoms with Crippen molar-refractivity contribution in [3.8, 4) is 0 Å². The average Bonchev–Trinajstić information content (AvgIpc) is 2.14. The largest absolute Gasteiger partial charge is 0.481 e. The zero-order valence-electron chi connectivity index (χ0n) is 9.36. The summed E-state index contributed by atoms with van der Waals surface area (Å²) in [4.78, 5) is 31.5. The van der Waals surface area contributed by atoms with Crippen molar-refractivity contribution in [2.75, 3.05) is 6.54 Å². The first-order chi connectivity index (χ1) is 7.37. The van der Waals surface area contributed by atoms with Crippen molar-refractivity contribution in [3.05, 3.63) is 4.91 Å². The molecule has 0 spiro atoms. The van der Waals surface area contributed by atoms with Crippen molar-refractivity contribution in [1.82, 2.24) is 5.32 Å². The average molecular weight is 248 g/mol. The van der Waals surface area contributed by atoms with E-state index in [1.165, 1.54) is 0 Å². The third-order valence-electron chi connectivity index (χ3n) is 1.79. The van der Waals surface area contributed by atoms with Crippen LogP contribution in [0.2, 0.25) is 0 Å². The van der Waals surface area contributed by atoms with Crippen LogP contribution in [0.5, 0.6) is 0 Å². The van der Waals surface area contributed by atoms with Gasteiger partial charge in [-0.15, -0.1) is 4.91 Å². The van der Waals surface area contributed by atoms with Gasteiger partial charge >= 0.3 is 5.97 Å². The van der Waals surface area contributed by atoms with Crippen LogP contribution >= 0.6 is 11.9 Å². The second-order valence-electron chi connectivity index (χ2n) is 3.95. The van der Waals surface area contributed by atoms with Crippen LogP contribution in [0.4, 0.5) is 0 Å². The Kier molecular flexibility index (Phi) is 6.71. The maximum atomic E-state index is 11.3. The summed E-state index contributed by atoms with van der Waals surface area (Å²) in [6.07, 6.45) is 0.490.